The molecule has 2 aliphatic heterocycles. The van der Waals surface area contributed by atoms with Crippen molar-refractivity contribution in [3.8, 4) is 0 Å². The Balaban J connectivity index is 1.47. The topological polar surface area (TPSA) is 58.6 Å². The summed E-state index contributed by atoms with van der Waals surface area (Å²) in [7, 11) is 0. The van der Waals surface area contributed by atoms with Crippen LogP contribution in [0.4, 0.5) is 0 Å². The lowest BCUT2D eigenvalue weighted by atomic mass is 9.95. The van der Waals surface area contributed by atoms with Gasteiger partial charge in [0.05, 0.1) is 16.7 Å². The molecule has 24 heavy (non-hydrogen) atoms. The number of nitrogens with one attached hydrogen (secondary N) is 1. The van der Waals surface area contributed by atoms with Gasteiger partial charge in [-0.1, -0.05) is 23.7 Å². The summed E-state index contributed by atoms with van der Waals surface area (Å²) >= 11 is 6.10. The average molecular weight is 351 g/mol. The molecule has 2 amide bonds. The van der Waals surface area contributed by atoms with Crippen molar-refractivity contribution >= 4 is 23.4 Å². The fourth-order valence-electron chi connectivity index (χ4n) is 3.31. The van der Waals surface area contributed by atoms with Gasteiger partial charge in [0.25, 0.3) is 5.91 Å². The minimum Gasteiger partial charge on any atom is -0.376 e. The van der Waals surface area contributed by atoms with Crippen LogP contribution in [0.2, 0.25) is 5.02 Å². The third-order valence-electron chi connectivity index (χ3n) is 4.79. The van der Waals surface area contributed by atoms with Crippen LogP contribution >= 0.6 is 11.6 Å². The highest BCUT2D eigenvalue weighted by Crippen LogP contribution is 2.22. The van der Waals surface area contributed by atoms with Gasteiger partial charge in [-0.3, -0.25) is 9.59 Å². The number of nitrogens with zero attached hydrogens (tertiary/aromatic N) is 1. The van der Waals surface area contributed by atoms with Crippen molar-refractivity contribution in [2.45, 2.75) is 31.8 Å². The zero-order valence-corrected chi connectivity index (χ0v) is 14.4. The highest BCUT2D eigenvalue weighted by molar-refractivity contribution is 6.33. The molecule has 130 valence electrons. The molecule has 1 N–H and O–H groups in total. The lowest BCUT2D eigenvalue weighted by Gasteiger charge is -2.31. The molecule has 0 spiro atoms. The quantitative estimate of drug-likeness (QED) is 0.907. The Morgan fingerprint density at radius 3 is 2.62 bits per heavy atom. The summed E-state index contributed by atoms with van der Waals surface area (Å²) in [5.41, 5.74) is 0.528. The maximum Gasteiger partial charge on any atom is 0.255 e. The number of likely N-dealkylation sites (tertiary alicyclic amines) is 1. The summed E-state index contributed by atoms with van der Waals surface area (Å²) in [4.78, 5) is 26.6. The van der Waals surface area contributed by atoms with Crippen LogP contribution in [0.5, 0.6) is 0 Å². The van der Waals surface area contributed by atoms with Gasteiger partial charge in [-0.2, -0.15) is 0 Å². The lowest BCUT2D eigenvalue weighted by Crippen LogP contribution is -2.44. The number of carbonyl (C=O) groups is 2. The first-order chi connectivity index (χ1) is 11.6. The van der Waals surface area contributed by atoms with Crippen LogP contribution in [0.1, 0.15) is 36.0 Å². The van der Waals surface area contributed by atoms with E-state index in [9.17, 15) is 9.59 Å². The van der Waals surface area contributed by atoms with E-state index in [2.05, 4.69) is 5.32 Å². The molecule has 2 heterocycles. The van der Waals surface area contributed by atoms with Crippen LogP contribution in [-0.2, 0) is 9.53 Å². The predicted octanol–water partition coefficient (Wildman–Crippen LogP) is 2.49. The van der Waals surface area contributed by atoms with E-state index in [0.717, 1.165) is 19.4 Å². The zero-order chi connectivity index (χ0) is 16.9. The van der Waals surface area contributed by atoms with E-state index in [0.29, 0.717) is 43.1 Å². The summed E-state index contributed by atoms with van der Waals surface area (Å²) < 4.78 is 5.52. The highest BCUT2D eigenvalue weighted by Gasteiger charge is 2.29. The van der Waals surface area contributed by atoms with Gasteiger partial charge in [0, 0.05) is 32.2 Å². The van der Waals surface area contributed by atoms with E-state index in [4.69, 9.17) is 16.3 Å². The Hall–Kier alpha value is -1.59. The molecular weight excluding hydrogens is 328 g/mol. The fourth-order valence-corrected chi connectivity index (χ4v) is 3.53. The Kier molecular flexibility index (Phi) is 5.74. The smallest absolute Gasteiger partial charge is 0.255 e. The molecule has 5 nitrogen and oxygen atoms in total. The van der Waals surface area contributed by atoms with Gasteiger partial charge in [0.1, 0.15) is 0 Å². The van der Waals surface area contributed by atoms with Crippen molar-refractivity contribution in [3.05, 3.63) is 34.9 Å². The SMILES string of the molecule is O=C(NC[C@@H]1CCCO1)C1CCN(C(=O)c2ccccc2Cl)CC1. The molecule has 1 aromatic carbocycles. The van der Waals surface area contributed by atoms with Crippen molar-refractivity contribution in [3.63, 3.8) is 0 Å². The molecule has 1 aromatic rings. The number of hydrogen-bond acceptors (Lipinski definition) is 3. The first-order valence-electron chi connectivity index (χ1n) is 8.58. The van der Waals surface area contributed by atoms with E-state index < -0.39 is 0 Å². The van der Waals surface area contributed by atoms with E-state index in [1.54, 1.807) is 17.0 Å². The van der Waals surface area contributed by atoms with Gasteiger partial charge < -0.3 is 15.0 Å². The maximum absolute atomic E-state index is 12.5. The van der Waals surface area contributed by atoms with Crippen molar-refractivity contribution in [1.82, 2.24) is 10.2 Å². The summed E-state index contributed by atoms with van der Waals surface area (Å²) in [6, 6.07) is 7.08. The van der Waals surface area contributed by atoms with Crippen LogP contribution in [0, 0.1) is 5.92 Å². The summed E-state index contributed by atoms with van der Waals surface area (Å²) in [6.45, 7) is 2.56. The largest absolute Gasteiger partial charge is 0.376 e. The van der Waals surface area contributed by atoms with E-state index >= 15 is 0 Å². The van der Waals surface area contributed by atoms with E-state index in [1.807, 2.05) is 12.1 Å². The van der Waals surface area contributed by atoms with Crippen LogP contribution in [0.15, 0.2) is 24.3 Å². The molecular formula is C18H23ClN2O3. The van der Waals surface area contributed by atoms with Gasteiger partial charge in [0.15, 0.2) is 0 Å². The molecule has 3 rings (SSSR count). The Morgan fingerprint density at radius 2 is 1.96 bits per heavy atom. The molecule has 0 aromatic heterocycles. The minimum atomic E-state index is -0.0567. The molecule has 2 aliphatic rings. The second-order valence-corrected chi connectivity index (χ2v) is 6.83. The third-order valence-corrected chi connectivity index (χ3v) is 5.11. The van der Waals surface area contributed by atoms with Crippen LogP contribution in [-0.4, -0.2) is 49.1 Å². The lowest BCUT2D eigenvalue weighted by molar-refractivity contribution is -0.126. The predicted molar refractivity (Wildman–Crippen MR) is 92.1 cm³/mol. The highest BCUT2D eigenvalue weighted by atomic mass is 35.5. The second-order valence-electron chi connectivity index (χ2n) is 6.43. The molecule has 0 bridgehead atoms. The summed E-state index contributed by atoms with van der Waals surface area (Å²) in [6.07, 6.45) is 3.63. The summed E-state index contributed by atoms with van der Waals surface area (Å²) in [5.74, 6) is -0.00384. The van der Waals surface area contributed by atoms with Gasteiger partial charge in [0.2, 0.25) is 5.91 Å². The van der Waals surface area contributed by atoms with Gasteiger partial charge >= 0.3 is 0 Å². The van der Waals surface area contributed by atoms with Gasteiger partial charge in [-0.05, 0) is 37.8 Å². The number of piperidine rings is 1. The molecule has 2 saturated heterocycles. The Bertz CT molecular complexity index is 594. The Labute approximate surface area is 147 Å². The van der Waals surface area contributed by atoms with Crippen LogP contribution in [0.25, 0.3) is 0 Å². The molecule has 0 aliphatic carbocycles. The monoisotopic (exact) mass is 350 g/mol. The van der Waals surface area contributed by atoms with Crippen LogP contribution < -0.4 is 5.32 Å². The third kappa shape index (κ3) is 4.08. The van der Waals surface area contributed by atoms with E-state index in [1.165, 1.54) is 0 Å². The average Bonchev–Trinajstić information content (AvgIpc) is 3.13. The minimum absolute atomic E-state index is 0.0262. The van der Waals surface area contributed by atoms with Gasteiger partial charge in [-0.15, -0.1) is 0 Å². The van der Waals surface area contributed by atoms with Gasteiger partial charge in [-0.25, -0.2) is 0 Å². The molecule has 0 unspecified atom stereocenters. The normalized spacial score (nSPS) is 21.7. The number of ether oxygens (including phenoxy) is 1. The molecule has 0 radical (unpaired) electrons. The molecule has 1 atom stereocenters. The van der Waals surface area contributed by atoms with Crippen molar-refractivity contribution in [2.24, 2.45) is 5.92 Å². The van der Waals surface area contributed by atoms with Crippen LogP contribution in [0.3, 0.4) is 0 Å². The number of carbonyl (C=O) groups excluding carboxylic acids is 2. The number of hydrogen-bond donors (Lipinski definition) is 1. The molecule has 2 fully saturated rings. The molecule has 0 saturated carbocycles. The Morgan fingerprint density at radius 1 is 1.21 bits per heavy atom. The van der Waals surface area contributed by atoms with E-state index in [-0.39, 0.29) is 23.8 Å². The molecule has 6 heteroatoms. The maximum atomic E-state index is 12.5. The first kappa shape index (κ1) is 17.2. The second kappa shape index (κ2) is 7.99. The number of amides is 2. The first-order valence-corrected chi connectivity index (χ1v) is 8.96. The fraction of sp³-hybridized carbons (Fsp3) is 0.556. The van der Waals surface area contributed by atoms with Crippen molar-refractivity contribution in [1.29, 1.82) is 0 Å². The summed E-state index contributed by atoms with van der Waals surface area (Å²) in [5, 5.41) is 3.46. The number of rotatable bonds is 4. The van der Waals surface area contributed by atoms with Crippen molar-refractivity contribution in [2.75, 3.05) is 26.2 Å². The number of benzene rings is 1. The standard InChI is InChI=1S/C18H23ClN2O3/c19-16-6-2-1-5-15(16)18(23)21-9-7-13(8-10-21)17(22)20-12-14-4-3-11-24-14/h1-2,5-6,13-14H,3-4,7-12H2,(H,20,22)/t14-/m0/s1. The van der Waals surface area contributed by atoms with Crippen molar-refractivity contribution < 1.29 is 14.3 Å². The zero-order valence-electron chi connectivity index (χ0n) is 13.7. The number of halogens is 1.